The minimum Gasteiger partial charge on any atom is -0.345 e. The molecule has 1 atom stereocenters. The van der Waals surface area contributed by atoms with Gasteiger partial charge in [-0.05, 0) is 31.4 Å². The first kappa shape index (κ1) is 21.2. The van der Waals surface area contributed by atoms with Gasteiger partial charge in [-0.3, -0.25) is 19.4 Å². The molecule has 1 amide bonds. The maximum absolute atomic E-state index is 12.5. The summed E-state index contributed by atoms with van der Waals surface area (Å²) in [6, 6.07) is 18.0. The Morgan fingerprint density at radius 3 is 2.24 bits per heavy atom. The molecule has 2 aromatic carbocycles. The molecule has 154 valence electrons. The number of amides is 1. The van der Waals surface area contributed by atoms with Crippen LogP contribution in [0.3, 0.4) is 0 Å². The molecule has 0 unspecified atom stereocenters. The van der Waals surface area contributed by atoms with Crippen molar-refractivity contribution >= 4 is 11.7 Å². The molecule has 2 aromatic rings. The van der Waals surface area contributed by atoms with Gasteiger partial charge in [0.25, 0.3) is 0 Å². The average Bonchev–Trinajstić information content (AvgIpc) is 2.70. The Bertz CT molecular complexity index is 814. The van der Waals surface area contributed by atoms with Crippen molar-refractivity contribution in [1.29, 1.82) is 0 Å². The van der Waals surface area contributed by atoms with Crippen LogP contribution in [0.25, 0.3) is 0 Å². The molecular formula is C24H31N3O2. The molecule has 0 aromatic heterocycles. The summed E-state index contributed by atoms with van der Waals surface area (Å²) in [5.41, 5.74) is 3.67. The van der Waals surface area contributed by atoms with Gasteiger partial charge in [-0.15, -0.1) is 0 Å². The van der Waals surface area contributed by atoms with E-state index in [0.717, 1.165) is 38.3 Å². The van der Waals surface area contributed by atoms with Crippen molar-refractivity contribution < 1.29 is 9.59 Å². The van der Waals surface area contributed by atoms with E-state index in [9.17, 15) is 9.59 Å². The maximum Gasteiger partial charge on any atom is 0.234 e. The summed E-state index contributed by atoms with van der Waals surface area (Å²) in [6.45, 7) is 8.57. The van der Waals surface area contributed by atoms with Gasteiger partial charge in [0.05, 0.1) is 12.6 Å². The van der Waals surface area contributed by atoms with Crippen LogP contribution in [0.2, 0.25) is 0 Å². The van der Waals surface area contributed by atoms with E-state index in [-0.39, 0.29) is 11.7 Å². The average molecular weight is 394 g/mol. The van der Waals surface area contributed by atoms with Crippen molar-refractivity contribution in [1.82, 2.24) is 15.1 Å². The SMILES string of the molecule is CC(=O)[C@H](Cc1ccccc1)NC(=O)CN1CCN(Cc2cccc(C)c2)CC1. The monoisotopic (exact) mass is 393 g/mol. The highest BCUT2D eigenvalue weighted by Crippen LogP contribution is 2.10. The predicted octanol–water partition coefficient (Wildman–Crippen LogP) is 2.43. The second-order valence-electron chi connectivity index (χ2n) is 7.96. The van der Waals surface area contributed by atoms with E-state index >= 15 is 0 Å². The maximum atomic E-state index is 12.5. The van der Waals surface area contributed by atoms with Crippen LogP contribution in [0.1, 0.15) is 23.6 Å². The van der Waals surface area contributed by atoms with E-state index in [2.05, 4.69) is 46.3 Å². The number of nitrogens with zero attached hydrogens (tertiary/aromatic N) is 2. The van der Waals surface area contributed by atoms with Crippen LogP contribution in [0.4, 0.5) is 0 Å². The lowest BCUT2D eigenvalue weighted by atomic mass is 10.0. The van der Waals surface area contributed by atoms with Crippen molar-refractivity contribution in [3.8, 4) is 0 Å². The molecule has 1 fully saturated rings. The van der Waals surface area contributed by atoms with Crippen LogP contribution in [-0.4, -0.2) is 60.3 Å². The Morgan fingerprint density at radius 1 is 0.931 bits per heavy atom. The van der Waals surface area contributed by atoms with Gasteiger partial charge in [-0.1, -0.05) is 60.2 Å². The van der Waals surface area contributed by atoms with Gasteiger partial charge in [-0.2, -0.15) is 0 Å². The highest BCUT2D eigenvalue weighted by atomic mass is 16.2. The van der Waals surface area contributed by atoms with Crippen LogP contribution in [0.5, 0.6) is 0 Å². The van der Waals surface area contributed by atoms with Crippen molar-refractivity contribution in [2.75, 3.05) is 32.7 Å². The highest BCUT2D eigenvalue weighted by Gasteiger charge is 2.22. The van der Waals surface area contributed by atoms with E-state index in [1.54, 1.807) is 0 Å². The van der Waals surface area contributed by atoms with Crippen LogP contribution in [0, 0.1) is 6.92 Å². The summed E-state index contributed by atoms with van der Waals surface area (Å²) in [7, 11) is 0. The lowest BCUT2D eigenvalue weighted by Gasteiger charge is -2.34. The number of rotatable bonds is 8. The van der Waals surface area contributed by atoms with Crippen LogP contribution in [0.15, 0.2) is 54.6 Å². The van der Waals surface area contributed by atoms with Crippen molar-refractivity contribution in [3.05, 3.63) is 71.3 Å². The summed E-state index contributed by atoms with van der Waals surface area (Å²) in [5, 5.41) is 2.93. The standard InChI is InChI=1S/C24H31N3O2/c1-19-7-6-10-22(15-19)17-26-11-13-27(14-12-26)18-24(29)25-23(20(2)28)16-21-8-4-3-5-9-21/h3-10,15,23H,11-14,16-18H2,1-2H3,(H,25,29)/t23-/m0/s1. The van der Waals surface area contributed by atoms with E-state index < -0.39 is 6.04 Å². The predicted molar refractivity (Wildman–Crippen MR) is 116 cm³/mol. The van der Waals surface area contributed by atoms with Crippen molar-refractivity contribution in [2.24, 2.45) is 0 Å². The second-order valence-corrected chi connectivity index (χ2v) is 7.96. The third-order valence-electron chi connectivity index (χ3n) is 5.43. The Kier molecular flexibility index (Phi) is 7.55. The fourth-order valence-electron chi connectivity index (χ4n) is 3.76. The lowest BCUT2D eigenvalue weighted by molar-refractivity contribution is -0.127. The molecule has 29 heavy (non-hydrogen) atoms. The number of Topliss-reactive ketones (excluding diaryl/α,β-unsaturated/α-hetero) is 1. The third kappa shape index (κ3) is 6.80. The summed E-state index contributed by atoms with van der Waals surface area (Å²) in [5.74, 6) is -0.0848. The second kappa shape index (κ2) is 10.3. The van der Waals surface area contributed by atoms with Gasteiger partial charge >= 0.3 is 0 Å². The van der Waals surface area contributed by atoms with Crippen LogP contribution in [-0.2, 0) is 22.6 Å². The Hall–Kier alpha value is -2.50. The normalized spacial score (nSPS) is 16.3. The van der Waals surface area contributed by atoms with Crippen molar-refractivity contribution in [3.63, 3.8) is 0 Å². The van der Waals surface area contributed by atoms with Gasteiger partial charge < -0.3 is 5.32 Å². The zero-order chi connectivity index (χ0) is 20.6. The largest absolute Gasteiger partial charge is 0.345 e. The van der Waals surface area contributed by atoms with Gasteiger partial charge in [0.1, 0.15) is 0 Å². The number of hydrogen-bond acceptors (Lipinski definition) is 4. The topological polar surface area (TPSA) is 52.7 Å². The summed E-state index contributed by atoms with van der Waals surface area (Å²) in [6.07, 6.45) is 0.534. The van der Waals surface area contributed by atoms with E-state index in [4.69, 9.17) is 0 Å². The summed E-state index contributed by atoms with van der Waals surface area (Å²) in [4.78, 5) is 29.1. The lowest BCUT2D eigenvalue weighted by Crippen LogP contribution is -2.51. The number of piperazine rings is 1. The molecule has 5 heteroatoms. The number of ketones is 1. The number of carbonyl (C=O) groups excluding carboxylic acids is 2. The summed E-state index contributed by atoms with van der Waals surface area (Å²) >= 11 is 0. The molecule has 0 bridgehead atoms. The Morgan fingerprint density at radius 2 is 1.59 bits per heavy atom. The van der Waals surface area contributed by atoms with Gasteiger partial charge in [-0.25, -0.2) is 0 Å². The van der Waals surface area contributed by atoms with Crippen LogP contribution < -0.4 is 5.32 Å². The van der Waals surface area contributed by atoms with Crippen LogP contribution >= 0.6 is 0 Å². The number of benzene rings is 2. The molecule has 1 aliphatic heterocycles. The van der Waals surface area contributed by atoms with E-state index in [1.807, 2.05) is 30.3 Å². The fourth-order valence-corrected chi connectivity index (χ4v) is 3.76. The molecule has 3 rings (SSSR count). The smallest absolute Gasteiger partial charge is 0.234 e. The first-order valence-electron chi connectivity index (χ1n) is 10.3. The minimum absolute atomic E-state index is 0.00910. The quantitative estimate of drug-likeness (QED) is 0.748. The first-order chi connectivity index (χ1) is 14.0. The molecule has 1 N–H and O–H groups in total. The number of carbonyl (C=O) groups is 2. The molecule has 0 radical (unpaired) electrons. The Labute approximate surface area is 173 Å². The molecular weight excluding hydrogens is 362 g/mol. The number of hydrogen-bond donors (Lipinski definition) is 1. The van der Waals surface area contributed by atoms with E-state index in [0.29, 0.717) is 13.0 Å². The zero-order valence-corrected chi connectivity index (χ0v) is 17.4. The molecule has 1 aliphatic rings. The van der Waals surface area contributed by atoms with Crippen molar-refractivity contribution in [2.45, 2.75) is 32.9 Å². The highest BCUT2D eigenvalue weighted by molar-refractivity contribution is 5.88. The molecule has 0 aliphatic carbocycles. The minimum atomic E-state index is -0.465. The molecule has 1 saturated heterocycles. The third-order valence-corrected chi connectivity index (χ3v) is 5.43. The molecule has 0 saturated carbocycles. The van der Waals surface area contributed by atoms with Gasteiger partial charge in [0.2, 0.25) is 5.91 Å². The Balaban J connectivity index is 1.44. The molecule has 1 heterocycles. The van der Waals surface area contributed by atoms with E-state index in [1.165, 1.54) is 18.1 Å². The first-order valence-corrected chi connectivity index (χ1v) is 10.3. The molecule has 0 spiro atoms. The summed E-state index contributed by atoms with van der Waals surface area (Å²) < 4.78 is 0. The van der Waals surface area contributed by atoms with Gasteiger partial charge in [0.15, 0.2) is 5.78 Å². The fraction of sp³-hybridized carbons (Fsp3) is 0.417. The zero-order valence-electron chi connectivity index (χ0n) is 17.4. The number of nitrogens with one attached hydrogen (secondary N) is 1. The molecule has 5 nitrogen and oxygen atoms in total. The number of aryl methyl sites for hydroxylation is 1. The van der Waals surface area contributed by atoms with Gasteiger partial charge in [0, 0.05) is 32.7 Å².